The third kappa shape index (κ3) is 11.2. The Morgan fingerprint density at radius 2 is 1.63 bits per heavy atom. The van der Waals surface area contributed by atoms with E-state index in [1.807, 2.05) is 13.8 Å². The molecule has 19 heavy (non-hydrogen) atoms. The van der Waals surface area contributed by atoms with Gasteiger partial charge in [0.05, 0.1) is 0 Å². The predicted octanol–water partition coefficient (Wildman–Crippen LogP) is 0.766. The van der Waals surface area contributed by atoms with Crippen molar-refractivity contribution >= 4 is 17.8 Å². The van der Waals surface area contributed by atoms with Crippen LogP contribution in [0.1, 0.15) is 40.0 Å². The van der Waals surface area contributed by atoms with E-state index in [9.17, 15) is 14.4 Å². The lowest BCUT2D eigenvalue weighted by molar-refractivity contribution is -0.138. The molecule has 3 N–H and O–H groups in total. The fourth-order valence-corrected chi connectivity index (χ4v) is 1.48. The van der Waals surface area contributed by atoms with Gasteiger partial charge in [-0.05, 0) is 11.8 Å². The number of hydrogen-bond donors (Lipinski definition) is 3. The molecule has 1 unspecified atom stereocenters. The highest BCUT2D eigenvalue weighted by molar-refractivity contribution is 5.79. The fourth-order valence-electron chi connectivity index (χ4n) is 1.48. The minimum absolute atomic E-state index is 0.0255. The number of carboxylic acid groups (broad SMARTS) is 1. The maximum absolute atomic E-state index is 11.4. The van der Waals surface area contributed by atoms with Gasteiger partial charge in [-0.15, -0.1) is 0 Å². The zero-order valence-electron chi connectivity index (χ0n) is 11.9. The van der Waals surface area contributed by atoms with Gasteiger partial charge in [0.25, 0.3) is 0 Å². The van der Waals surface area contributed by atoms with Gasteiger partial charge in [-0.1, -0.05) is 20.8 Å². The van der Waals surface area contributed by atoms with Crippen molar-refractivity contribution < 1.29 is 19.5 Å². The maximum Gasteiger partial charge on any atom is 0.303 e. The number of carboxylic acids is 1. The summed E-state index contributed by atoms with van der Waals surface area (Å²) in [6.45, 7) is 6.63. The van der Waals surface area contributed by atoms with E-state index in [4.69, 9.17) is 5.11 Å². The molecule has 2 amide bonds. The van der Waals surface area contributed by atoms with E-state index in [-0.39, 0.29) is 43.5 Å². The second kappa shape index (κ2) is 9.35. The minimum atomic E-state index is -0.909. The lowest BCUT2D eigenvalue weighted by Gasteiger charge is -2.10. The summed E-state index contributed by atoms with van der Waals surface area (Å²) >= 11 is 0. The van der Waals surface area contributed by atoms with Crippen LogP contribution in [0.3, 0.4) is 0 Å². The van der Waals surface area contributed by atoms with Gasteiger partial charge in [-0.3, -0.25) is 14.4 Å². The van der Waals surface area contributed by atoms with Crippen LogP contribution in [0.25, 0.3) is 0 Å². The van der Waals surface area contributed by atoms with Crippen LogP contribution >= 0.6 is 0 Å². The second-order valence-electron chi connectivity index (χ2n) is 5.21. The molecule has 0 saturated carbocycles. The third-order valence-electron chi connectivity index (χ3n) is 2.44. The predicted molar refractivity (Wildman–Crippen MR) is 71.5 cm³/mol. The second-order valence-corrected chi connectivity index (χ2v) is 5.21. The molecule has 0 heterocycles. The molecule has 0 bridgehead atoms. The van der Waals surface area contributed by atoms with Gasteiger partial charge in [0.1, 0.15) is 0 Å². The van der Waals surface area contributed by atoms with Crippen molar-refractivity contribution in [2.45, 2.75) is 40.0 Å². The van der Waals surface area contributed by atoms with Crippen LogP contribution in [0, 0.1) is 11.8 Å². The number of aliphatic carboxylic acids is 1. The highest BCUT2D eigenvalue weighted by Gasteiger charge is 2.12. The van der Waals surface area contributed by atoms with Crippen molar-refractivity contribution in [1.82, 2.24) is 10.6 Å². The Bertz CT molecular complexity index is 316. The molecule has 0 aromatic carbocycles. The summed E-state index contributed by atoms with van der Waals surface area (Å²) in [6.07, 6.45) is 0.383. The smallest absolute Gasteiger partial charge is 0.303 e. The summed E-state index contributed by atoms with van der Waals surface area (Å²) in [5, 5.41) is 13.9. The Balaban J connectivity index is 3.68. The normalized spacial score (nSPS) is 12.0. The number of amides is 2. The molecule has 0 aliphatic heterocycles. The summed E-state index contributed by atoms with van der Waals surface area (Å²) in [5.41, 5.74) is 0. The molecular formula is C13H24N2O4. The van der Waals surface area contributed by atoms with Gasteiger partial charge < -0.3 is 15.7 Å². The Morgan fingerprint density at radius 1 is 1.00 bits per heavy atom. The van der Waals surface area contributed by atoms with E-state index >= 15 is 0 Å². The van der Waals surface area contributed by atoms with Gasteiger partial charge in [0.2, 0.25) is 11.8 Å². The van der Waals surface area contributed by atoms with Crippen molar-refractivity contribution in [3.8, 4) is 0 Å². The maximum atomic E-state index is 11.4. The average Bonchev–Trinajstić information content (AvgIpc) is 2.24. The summed E-state index contributed by atoms with van der Waals surface area (Å²) in [5.74, 6) is -1.02. The first kappa shape index (κ1) is 17.4. The number of rotatable bonds is 9. The molecule has 6 nitrogen and oxygen atoms in total. The molecule has 0 rings (SSSR count). The largest absolute Gasteiger partial charge is 0.481 e. The number of carbonyl (C=O) groups excluding carboxylic acids is 2. The minimum Gasteiger partial charge on any atom is -0.481 e. The Kier molecular flexibility index (Phi) is 8.57. The molecular weight excluding hydrogens is 248 g/mol. The number of hydrogen-bond acceptors (Lipinski definition) is 3. The van der Waals surface area contributed by atoms with E-state index in [1.165, 1.54) is 0 Å². The fraction of sp³-hybridized carbons (Fsp3) is 0.769. The third-order valence-corrected chi connectivity index (χ3v) is 2.44. The first-order valence-electron chi connectivity index (χ1n) is 6.56. The molecule has 6 heteroatoms. The van der Waals surface area contributed by atoms with E-state index < -0.39 is 5.97 Å². The number of nitrogens with one attached hydrogen (secondary N) is 2. The van der Waals surface area contributed by atoms with Gasteiger partial charge in [-0.2, -0.15) is 0 Å². The summed E-state index contributed by atoms with van der Waals surface area (Å²) in [4.78, 5) is 33.2. The van der Waals surface area contributed by atoms with Crippen LogP contribution in [0.4, 0.5) is 0 Å². The Morgan fingerprint density at radius 3 is 2.16 bits per heavy atom. The van der Waals surface area contributed by atoms with E-state index in [2.05, 4.69) is 10.6 Å². The summed E-state index contributed by atoms with van der Waals surface area (Å²) < 4.78 is 0. The molecule has 0 aliphatic rings. The first-order valence-corrected chi connectivity index (χ1v) is 6.56. The van der Waals surface area contributed by atoms with Crippen LogP contribution < -0.4 is 10.6 Å². The summed E-state index contributed by atoms with van der Waals surface area (Å²) in [7, 11) is 0. The van der Waals surface area contributed by atoms with E-state index in [1.54, 1.807) is 6.92 Å². The topological polar surface area (TPSA) is 95.5 Å². The molecule has 0 aromatic heterocycles. The van der Waals surface area contributed by atoms with Crippen LogP contribution in [-0.2, 0) is 14.4 Å². The van der Waals surface area contributed by atoms with Gasteiger partial charge in [0, 0.05) is 32.4 Å². The number of carbonyl (C=O) groups is 3. The SMILES string of the molecule is CC(C)CNC(=O)CCNC(=O)CC(C)CC(=O)O. The zero-order valence-corrected chi connectivity index (χ0v) is 11.9. The molecule has 0 radical (unpaired) electrons. The van der Waals surface area contributed by atoms with E-state index in [0.717, 1.165) is 0 Å². The van der Waals surface area contributed by atoms with Gasteiger partial charge in [0.15, 0.2) is 0 Å². The molecule has 0 spiro atoms. The molecule has 0 aromatic rings. The van der Waals surface area contributed by atoms with Crippen molar-refractivity contribution in [2.24, 2.45) is 11.8 Å². The molecule has 110 valence electrons. The molecule has 0 aliphatic carbocycles. The van der Waals surface area contributed by atoms with Crippen molar-refractivity contribution in [1.29, 1.82) is 0 Å². The highest BCUT2D eigenvalue weighted by Crippen LogP contribution is 2.06. The van der Waals surface area contributed by atoms with E-state index in [0.29, 0.717) is 12.5 Å². The Hall–Kier alpha value is -1.59. The lowest BCUT2D eigenvalue weighted by atomic mass is 10.0. The summed E-state index contributed by atoms with van der Waals surface area (Å²) in [6, 6.07) is 0. The highest BCUT2D eigenvalue weighted by atomic mass is 16.4. The lowest BCUT2D eigenvalue weighted by Crippen LogP contribution is -2.32. The van der Waals surface area contributed by atoms with Gasteiger partial charge >= 0.3 is 5.97 Å². The molecule has 0 fully saturated rings. The van der Waals surface area contributed by atoms with Crippen molar-refractivity contribution in [3.05, 3.63) is 0 Å². The quantitative estimate of drug-likeness (QED) is 0.577. The van der Waals surface area contributed by atoms with Crippen LogP contribution in [0.2, 0.25) is 0 Å². The zero-order chi connectivity index (χ0) is 14.8. The van der Waals surface area contributed by atoms with Gasteiger partial charge in [-0.25, -0.2) is 0 Å². The first-order chi connectivity index (χ1) is 8.81. The molecule has 1 atom stereocenters. The van der Waals surface area contributed by atoms with Crippen molar-refractivity contribution in [3.63, 3.8) is 0 Å². The van der Waals surface area contributed by atoms with Crippen LogP contribution in [-0.4, -0.2) is 36.0 Å². The van der Waals surface area contributed by atoms with Crippen molar-refractivity contribution in [2.75, 3.05) is 13.1 Å². The molecule has 0 saturated heterocycles. The van der Waals surface area contributed by atoms with Crippen LogP contribution in [0.15, 0.2) is 0 Å². The monoisotopic (exact) mass is 272 g/mol. The standard InChI is InChI=1S/C13H24N2O4/c1-9(2)8-15-11(16)4-5-14-12(17)6-10(3)7-13(18)19/h9-10H,4-8H2,1-3H3,(H,14,17)(H,15,16)(H,18,19). The average molecular weight is 272 g/mol. The van der Waals surface area contributed by atoms with Crippen LogP contribution in [0.5, 0.6) is 0 Å². The Labute approximate surface area is 113 Å².